The Balaban J connectivity index is 2.08. The first-order valence-corrected chi connectivity index (χ1v) is 11.4. The summed E-state index contributed by atoms with van der Waals surface area (Å²) in [5.74, 6) is 1.02. The lowest BCUT2D eigenvalue weighted by atomic mass is 10.1. The largest absolute Gasteiger partial charge is 0.497 e. The van der Waals surface area contributed by atoms with E-state index in [2.05, 4.69) is 5.32 Å². The first-order chi connectivity index (χ1) is 15.2. The van der Waals surface area contributed by atoms with Gasteiger partial charge in [0.2, 0.25) is 11.8 Å². The van der Waals surface area contributed by atoms with Crippen molar-refractivity contribution in [2.24, 2.45) is 0 Å². The molecule has 32 heavy (non-hydrogen) atoms. The van der Waals surface area contributed by atoms with E-state index in [1.807, 2.05) is 38.1 Å². The maximum Gasteiger partial charge on any atom is 0.269 e. The number of non-ortho nitro benzene ring substituents is 1. The van der Waals surface area contributed by atoms with Gasteiger partial charge in [-0.3, -0.25) is 19.7 Å². The average Bonchev–Trinajstić information content (AvgIpc) is 2.76. The van der Waals surface area contributed by atoms with Crippen LogP contribution < -0.4 is 10.1 Å². The fourth-order valence-corrected chi connectivity index (χ4v) is 3.88. The predicted octanol–water partition coefficient (Wildman–Crippen LogP) is 3.78. The number of nitro groups is 1. The second-order valence-corrected chi connectivity index (χ2v) is 8.61. The highest BCUT2D eigenvalue weighted by atomic mass is 32.2. The number of nitro benzene ring substituents is 1. The van der Waals surface area contributed by atoms with Crippen molar-refractivity contribution in [2.75, 3.05) is 12.9 Å². The van der Waals surface area contributed by atoms with Gasteiger partial charge in [0.15, 0.2) is 0 Å². The molecule has 9 heteroatoms. The molecule has 0 spiro atoms. The standard InChI is InChI=1S/C23H29N3O5S/c1-16(2)24-23(28)17(3)25(13-19-6-5-7-21(12-19)31-4)22(27)15-32-14-18-8-10-20(11-9-18)26(29)30/h5-12,16-17H,13-15H2,1-4H3,(H,24,28). The van der Waals surface area contributed by atoms with Crippen LogP contribution in [0.5, 0.6) is 5.75 Å². The zero-order valence-corrected chi connectivity index (χ0v) is 19.6. The molecule has 0 radical (unpaired) electrons. The maximum absolute atomic E-state index is 13.1. The summed E-state index contributed by atoms with van der Waals surface area (Å²) in [5.41, 5.74) is 1.78. The van der Waals surface area contributed by atoms with Gasteiger partial charge < -0.3 is 15.0 Å². The van der Waals surface area contributed by atoms with Crippen molar-refractivity contribution in [3.05, 3.63) is 69.8 Å². The van der Waals surface area contributed by atoms with E-state index in [1.54, 1.807) is 31.1 Å². The molecule has 2 amide bonds. The number of carbonyl (C=O) groups is 2. The third-order valence-corrected chi connectivity index (χ3v) is 5.72. The number of methoxy groups -OCH3 is 1. The highest BCUT2D eigenvalue weighted by Gasteiger charge is 2.26. The summed E-state index contributed by atoms with van der Waals surface area (Å²) in [7, 11) is 1.58. The maximum atomic E-state index is 13.1. The van der Waals surface area contributed by atoms with Gasteiger partial charge in [-0.15, -0.1) is 11.8 Å². The van der Waals surface area contributed by atoms with Crippen LogP contribution in [0.4, 0.5) is 5.69 Å². The summed E-state index contributed by atoms with van der Waals surface area (Å²) in [6.07, 6.45) is 0. The summed E-state index contributed by atoms with van der Waals surface area (Å²) < 4.78 is 5.27. The van der Waals surface area contributed by atoms with Crippen LogP contribution in [0.25, 0.3) is 0 Å². The van der Waals surface area contributed by atoms with Gasteiger partial charge in [-0.05, 0) is 44.0 Å². The van der Waals surface area contributed by atoms with E-state index in [1.165, 1.54) is 23.9 Å². The van der Waals surface area contributed by atoms with Gasteiger partial charge in [0.05, 0.1) is 17.8 Å². The third kappa shape index (κ3) is 7.56. The van der Waals surface area contributed by atoms with E-state index >= 15 is 0 Å². The first-order valence-electron chi connectivity index (χ1n) is 10.2. The van der Waals surface area contributed by atoms with E-state index < -0.39 is 11.0 Å². The third-order valence-electron chi connectivity index (χ3n) is 4.73. The molecule has 172 valence electrons. The Morgan fingerprint density at radius 3 is 2.41 bits per heavy atom. The van der Waals surface area contributed by atoms with Crippen LogP contribution in [-0.4, -0.2) is 46.6 Å². The van der Waals surface area contributed by atoms with Gasteiger partial charge in [0, 0.05) is 30.5 Å². The molecule has 2 rings (SSSR count). The summed E-state index contributed by atoms with van der Waals surface area (Å²) in [6, 6.07) is 13.0. The molecule has 0 aliphatic carbocycles. The zero-order valence-electron chi connectivity index (χ0n) is 18.7. The molecule has 0 saturated heterocycles. The van der Waals surface area contributed by atoms with Gasteiger partial charge in [-0.1, -0.05) is 24.3 Å². The van der Waals surface area contributed by atoms with Gasteiger partial charge in [0.1, 0.15) is 11.8 Å². The number of ether oxygens (including phenoxy) is 1. The second-order valence-electron chi connectivity index (χ2n) is 7.63. The van der Waals surface area contributed by atoms with Gasteiger partial charge in [0.25, 0.3) is 5.69 Å². The van der Waals surface area contributed by atoms with Crippen LogP contribution in [0.3, 0.4) is 0 Å². The molecule has 0 aliphatic rings. The van der Waals surface area contributed by atoms with Crippen molar-refractivity contribution in [2.45, 2.75) is 45.2 Å². The molecule has 1 N–H and O–H groups in total. The number of hydrogen-bond donors (Lipinski definition) is 1. The lowest BCUT2D eigenvalue weighted by Crippen LogP contribution is -2.49. The van der Waals surface area contributed by atoms with Crippen molar-refractivity contribution < 1.29 is 19.2 Å². The fourth-order valence-electron chi connectivity index (χ4n) is 3.01. The number of hydrogen-bond acceptors (Lipinski definition) is 6. The van der Waals surface area contributed by atoms with Crippen LogP contribution in [0, 0.1) is 10.1 Å². The summed E-state index contributed by atoms with van der Waals surface area (Å²) >= 11 is 1.40. The Labute approximate surface area is 192 Å². The minimum atomic E-state index is -0.643. The molecule has 8 nitrogen and oxygen atoms in total. The molecular weight excluding hydrogens is 430 g/mol. The van der Waals surface area contributed by atoms with E-state index in [-0.39, 0.29) is 35.8 Å². The van der Waals surface area contributed by atoms with E-state index in [0.717, 1.165) is 11.1 Å². The number of benzene rings is 2. The predicted molar refractivity (Wildman–Crippen MR) is 126 cm³/mol. The summed E-state index contributed by atoms with van der Waals surface area (Å²) in [4.78, 5) is 37.6. The van der Waals surface area contributed by atoms with E-state index in [4.69, 9.17) is 4.74 Å². The molecule has 0 bridgehead atoms. The first kappa shape index (κ1) is 25.2. The topological polar surface area (TPSA) is 102 Å². The molecule has 0 fully saturated rings. The highest BCUT2D eigenvalue weighted by molar-refractivity contribution is 7.99. The van der Waals surface area contributed by atoms with Gasteiger partial charge in [-0.25, -0.2) is 0 Å². The van der Waals surface area contributed by atoms with E-state index in [9.17, 15) is 19.7 Å². The van der Waals surface area contributed by atoms with Crippen molar-refractivity contribution in [1.29, 1.82) is 0 Å². The van der Waals surface area contributed by atoms with E-state index in [0.29, 0.717) is 11.5 Å². The molecular formula is C23H29N3O5S. The smallest absolute Gasteiger partial charge is 0.269 e. The highest BCUT2D eigenvalue weighted by Crippen LogP contribution is 2.20. The van der Waals surface area contributed by atoms with Crippen LogP contribution >= 0.6 is 11.8 Å². The van der Waals surface area contributed by atoms with Gasteiger partial charge >= 0.3 is 0 Å². The van der Waals surface area contributed by atoms with Crippen molar-refractivity contribution in [3.8, 4) is 5.75 Å². The number of thioether (sulfide) groups is 1. The Morgan fingerprint density at radius 2 is 1.81 bits per heavy atom. The Kier molecular flexibility index (Phi) is 9.52. The molecule has 1 atom stereocenters. The van der Waals surface area contributed by atoms with Crippen molar-refractivity contribution in [1.82, 2.24) is 10.2 Å². The summed E-state index contributed by atoms with van der Waals surface area (Å²) in [6.45, 7) is 5.75. The molecule has 0 saturated carbocycles. The fraction of sp³-hybridized carbons (Fsp3) is 0.391. The van der Waals surface area contributed by atoms with Crippen LogP contribution in [0.15, 0.2) is 48.5 Å². The van der Waals surface area contributed by atoms with Crippen molar-refractivity contribution >= 4 is 29.3 Å². The molecule has 0 aromatic heterocycles. The normalized spacial score (nSPS) is 11.7. The lowest BCUT2D eigenvalue weighted by Gasteiger charge is -2.29. The number of carbonyl (C=O) groups excluding carboxylic acids is 2. The van der Waals surface area contributed by atoms with Crippen LogP contribution in [0.2, 0.25) is 0 Å². The number of nitrogens with one attached hydrogen (secondary N) is 1. The minimum Gasteiger partial charge on any atom is -0.497 e. The molecule has 0 aliphatic heterocycles. The lowest BCUT2D eigenvalue weighted by molar-refractivity contribution is -0.384. The number of nitrogens with zero attached hydrogens (tertiary/aromatic N) is 2. The van der Waals surface area contributed by atoms with Gasteiger partial charge in [-0.2, -0.15) is 0 Å². The second kappa shape index (κ2) is 12.1. The average molecular weight is 460 g/mol. The number of rotatable bonds is 11. The quantitative estimate of drug-likeness (QED) is 0.405. The SMILES string of the molecule is COc1cccc(CN(C(=O)CSCc2ccc([N+](=O)[O-])cc2)C(C)C(=O)NC(C)C)c1. The summed E-state index contributed by atoms with van der Waals surface area (Å²) in [5, 5.41) is 13.6. The zero-order chi connectivity index (χ0) is 23.7. The minimum absolute atomic E-state index is 0.0317. The molecule has 0 heterocycles. The Bertz CT molecular complexity index is 933. The molecule has 1 unspecified atom stereocenters. The Morgan fingerprint density at radius 1 is 1.12 bits per heavy atom. The monoisotopic (exact) mass is 459 g/mol. The molecule has 2 aromatic carbocycles. The van der Waals surface area contributed by atoms with Crippen molar-refractivity contribution in [3.63, 3.8) is 0 Å². The molecule has 2 aromatic rings. The number of amides is 2. The van der Waals surface area contributed by atoms with Crippen LogP contribution in [-0.2, 0) is 21.9 Å². The Hall–Kier alpha value is -3.07. The van der Waals surface area contributed by atoms with Crippen LogP contribution in [0.1, 0.15) is 31.9 Å².